The molecule has 0 bridgehead atoms. The summed E-state index contributed by atoms with van der Waals surface area (Å²) in [6.07, 6.45) is 2.59. The molecule has 78 valence electrons. The van der Waals surface area contributed by atoms with Crippen molar-refractivity contribution in [2.45, 2.75) is 0 Å². The first kappa shape index (κ1) is 10.4. The van der Waals surface area contributed by atoms with E-state index in [9.17, 15) is 4.79 Å². The van der Waals surface area contributed by atoms with Gasteiger partial charge in [0.15, 0.2) is 6.29 Å². The molecule has 0 aromatic heterocycles. The Morgan fingerprint density at radius 2 is 1.69 bits per heavy atom. The van der Waals surface area contributed by atoms with E-state index >= 15 is 0 Å². The normalized spacial score (nSPS) is 9.75. The van der Waals surface area contributed by atoms with Crippen molar-refractivity contribution in [1.29, 1.82) is 0 Å². The van der Waals surface area contributed by atoms with Crippen molar-refractivity contribution < 1.29 is 4.79 Å². The molecule has 0 aliphatic heterocycles. The lowest BCUT2D eigenvalue weighted by molar-refractivity contribution is 0.112. The van der Waals surface area contributed by atoms with Crippen LogP contribution in [0.1, 0.15) is 15.9 Å². The van der Waals surface area contributed by atoms with Gasteiger partial charge < -0.3 is 0 Å². The van der Waals surface area contributed by atoms with Crippen LogP contribution in [0.3, 0.4) is 0 Å². The number of carbonyl (C=O) groups is 1. The Balaban J connectivity index is 2.66. The van der Waals surface area contributed by atoms with Gasteiger partial charge in [-0.05, 0) is 16.7 Å². The van der Waals surface area contributed by atoms with E-state index in [1.54, 1.807) is 6.08 Å². The summed E-state index contributed by atoms with van der Waals surface area (Å²) in [4.78, 5) is 11.1. The van der Waals surface area contributed by atoms with Crippen molar-refractivity contribution in [3.8, 4) is 11.1 Å². The fourth-order valence-electron chi connectivity index (χ4n) is 1.76. The van der Waals surface area contributed by atoms with E-state index in [4.69, 9.17) is 0 Å². The zero-order chi connectivity index (χ0) is 11.4. The van der Waals surface area contributed by atoms with Gasteiger partial charge in [0, 0.05) is 5.56 Å². The highest BCUT2D eigenvalue weighted by atomic mass is 16.1. The van der Waals surface area contributed by atoms with Gasteiger partial charge in [0.2, 0.25) is 0 Å². The lowest BCUT2D eigenvalue weighted by Gasteiger charge is -2.07. The number of aldehydes is 1. The second-order valence-corrected chi connectivity index (χ2v) is 3.50. The van der Waals surface area contributed by atoms with Crippen LogP contribution in [0, 0.1) is 0 Å². The van der Waals surface area contributed by atoms with Crippen LogP contribution >= 0.6 is 0 Å². The minimum atomic E-state index is 0.698. The van der Waals surface area contributed by atoms with Crippen molar-refractivity contribution >= 4 is 12.4 Å². The molecule has 2 aromatic carbocycles. The van der Waals surface area contributed by atoms with E-state index < -0.39 is 0 Å². The molecule has 0 unspecified atom stereocenters. The van der Waals surface area contributed by atoms with Gasteiger partial charge in [-0.2, -0.15) is 0 Å². The van der Waals surface area contributed by atoms with E-state index in [0.717, 1.165) is 23.0 Å². The summed E-state index contributed by atoms with van der Waals surface area (Å²) >= 11 is 0. The summed E-state index contributed by atoms with van der Waals surface area (Å²) in [5, 5.41) is 0. The van der Waals surface area contributed by atoms with Crippen molar-refractivity contribution in [2.24, 2.45) is 0 Å². The Morgan fingerprint density at radius 1 is 0.938 bits per heavy atom. The lowest BCUT2D eigenvalue weighted by Crippen LogP contribution is -1.91. The maximum absolute atomic E-state index is 11.1. The van der Waals surface area contributed by atoms with Crippen molar-refractivity contribution in [2.75, 3.05) is 0 Å². The first-order valence-electron chi connectivity index (χ1n) is 5.13. The zero-order valence-electron chi connectivity index (χ0n) is 8.89. The highest BCUT2D eigenvalue weighted by Crippen LogP contribution is 2.25. The molecule has 0 fully saturated rings. The molecule has 0 spiro atoms. The average molecular weight is 208 g/mol. The minimum Gasteiger partial charge on any atom is -0.298 e. The third kappa shape index (κ3) is 1.80. The van der Waals surface area contributed by atoms with Crippen LogP contribution in [-0.2, 0) is 0 Å². The van der Waals surface area contributed by atoms with Crippen LogP contribution < -0.4 is 0 Å². The van der Waals surface area contributed by atoms with Crippen LogP contribution in [0.4, 0.5) is 0 Å². The number of benzene rings is 2. The van der Waals surface area contributed by atoms with Crippen LogP contribution in [0.2, 0.25) is 0 Å². The van der Waals surface area contributed by atoms with Gasteiger partial charge in [0.05, 0.1) is 0 Å². The summed E-state index contributed by atoms with van der Waals surface area (Å²) in [5.41, 5.74) is 3.57. The van der Waals surface area contributed by atoms with E-state index in [2.05, 4.69) is 6.58 Å². The van der Waals surface area contributed by atoms with Gasteiger partial charge in [0.1, 0.15) is 0 Å². The maximum Gasteiger partial charge on any atom is 0.151 e. The molecular formula is C15H12O. The van der Waals surface area contributed by atoms with Gasteiger partial charge in [-0.1, -0.05) is 61.2 Å². The molecule has 0 aliphatic rings. The highest BCUT2D eigenvalue weighted by molar-refractivity contribution is 5.92. The topological polar surface area (TPSA) is 17.1 Å². The third-order valence-corrected chi connectivity index (χ3v) is 2.56. The van der Waals surface area contributed by atoms with Gasteiger partial charge in [-0.25, -0.2) is 0 Å². The Morgan fingerprint density at radius 3 is 2.31 bits per heavy atom. The molecule has 0 aliphatic carbocycles. The predicted octanol–water partition coefficient (Wildman–Crippen LogP) is 3.81. The van der Waals surface area contributed by atoms with Crippen LogP contribution in [-0.4, -0.2) is 6.29 Å². The first-order chi connectivity index (χ1) is 7.86. The Hall–Kier alpha value is -2.15. The van der Waals surface area contributed by atoms with E-state index in [1.165, 1.54) is 0 Å². The molecule has 2 rings (SSSR count). The zero-order valence-corrected chi connectivity index (χ0v) is 8.89. The monoisotopic (exact) mass is 208 g/mol. The van der Waals surface area contributed by atoms with Gasteiger partial charge in [-0.15, -0.1) is 0 Å². The van der Waals surface area contributed by atoms with E-state index in [0.29, 0.717) is 5.56 Å². The molecule has 0 N–H and O–H groups in total. The Labute approximate surface area is 95.1 Å². The lowest BCUT2D eigenvalue weighted by atomic mass is 9.96. The second-order valence-electron chi connectivity index (χ2n) is 3.50. The quantitative estimate of drug-likeness (QED) is 0.701. The standard InChI is InChI=1S/C15H12O/c1-2-12-9-6-10-14(15(12)11-16)13-7-4-3-5-8-13/h2-11H,1H2. The summed E-state index contributed by atoms with van der Waals surface area (Å²) in [5.74, 6) is 0. The van der Waals surface area contributed by atoms with Gasteiger partial charge in [0.25, 0.3) is 0 Å². The average Bonchev–Trinajstić information content (AvgIpc) is 2.38. The molecule has 0 atom stereocenters. The summed E-state index contributed by atoms with van der Waals surface area (Å²) in [7, 11) is 0. The molecule has 0 radical (unpaired) electrons. The Bertz CT molecular complexity index is 512. The van der Waals surface area contributed by atoms with E-state index in [1.807, 2.05) is 48.5 Å². The van der Waals surface area contributed by atoms with Crippen molar-refractivity contribution in [1.82, 2.24) is 0 Å². The third-order valence-electron chi connectivity index (χ3n) is 2.56. The van der Waals surface area contributed by atoms with Crippen molar-refractivity contribution in [3.63, 3.8) is 0 Å². The number of carbonyl (C=O) groups excluding carboxylic acids is 1. The van der Waals surface area contributed by atoms with Gasteiger partial charge >= 0.3 is 0 Å². The minimum absolute atomic E-state index is 0.698. The van der Waals surface area contributed by atoms with Crippen LogP contribution in [0.15, 0.2) is 55.1 Å². The predicted molar refractivity (Wildman–Crippen MR) is 67.4 cm³/mol. The molecule has 0 heterocycles. The first-order valence-corrected chi connectivity index (χ1v) is 5.13. The molecule has 1 heteroatoms. The largest absolute Gasteiger partial charge is 0.298 e. The van der Waals surface area contributed by atoms with E-state index in [-0.39, 0.29) is 0 Å². The van der Waals surface area contributed by atoms with Crippen LogP contribution in [0.5, 0.6) is 0 Å². The Kier molecular flexibility index (Phi) is 2.97. The smallest absolute Gasteiger partial charge is 0.151 e. The molecule has 0 saturated carbocycles. The van der Waals surface area contributed by atoms with Crippen LogP contribution in [0.25, 0.3) is 17.2 Å². The highest BCUT2D eigenvalue weighted by Gasteiger charge is 2.06. The molecule has 0 saturated heterocycles. The SMILES string of the molecule is C=Cc1cccc(-c2ccccc2)c1C=O. The molecule has 2 aromatic rings. The van der Waals surface area contributed by atoms with Crippen molar-refractivity contribution in [3.05, 3.63) is 66.2 Å². The summed E-state index contributed by atoms with van der Waals surface area (Å²) in [6.45, 7) is 3.72. The molecule has 1 nitrogen and oxygen atoms in total. The fourth-order valence-corrected chi connectivity index (χ4v) is 1.76. The molecule has 0 amide bonds. The number of hydrogen-bond donors (Lipinski definition) is 0. The van der Waals surface area contributed by atoms with Gasteiger partial charge in [-0.3, -0.25) is 4.79 Å². The summed E-state index contributed by atoms with van der Waals surface area (Å²) < 4.78 is 0. The maximum atomic E-state index is 11.1. The fraction of sp³-hybridized carbons (Fsp3) is 0. The summed E-state index contributed by atoms with van der Waals surface area (Å²) in [6, 6.07) is 15.7. The second kappa shape index (κ2) is 4.58. The molecule has 16 heavy (non-hydrogen) atoms. The number of rotatable bonds is 3. The molecular weight excluding hydrogens is 196 g/mol. The number of hydrogen-bond acceptors (Lipinski definition) is 1.